The predicted molar refractivity (Wildman–Crippen MR) is 64.9 cm³/mol. The number of benzene rings is 1. The number of furan rings is 1. The molecule has 0 unspecified atom stereocenters. The molecule has 2 aromatic rings. The van der Waals surface area contributed by atoms with E-state index >= 15 is 0 Å². The van der Waals surface area contributed by atoms with Gasteiger partial charge in [0.25, 0.3) is 5.95 Å². The Bertz CT molecular complexity index is 518. The third-order valence-corrected chi connectivity index (χ3v) is 2.48. The molecule has 0 atom stereocenters. The van der Waals surface area contributed by atoms with Gasteiger partial charge in [-0.1, -0.05) is 6.07 Å². The molecule has 0 aliphatic carbocycles. The highest BCUT2D eigenvalue weighted by atomic mass is 127. The second-order valence-corrected chi connectivity index (χ2v) is 4.23. The number of carboxylic acid groups (broad SMARTS) is 1. The van der Waals surface area contributed by atoms with Crippen LogP contribution in [0, 0.1) is 3.57 Å². The highest BCUT2D eigenvalue weighted by molar-refractivity contribution is 14.1. The maximum atomic E-state index is 10.6. The number of carboxylic acids is 1. The van der Waals surface area contributed by atoms with Crippen LogP contribution >= 0.6 is 22.6 Å². The summed E-state index contributed by atoms with van der Waals surface area (Å²) in [5.74, 6) is -0.476. The van der Waals surface area contributed by atoms with Gasteiger partial charge in [0.1, 0.15) is 5.75 Å². The van der Waals surface area contributed by atoms with Gasteiger partial charge in [0.15, 0.2) is 0 Å². The summed E-state index contributed by atoms with van der Waals surface area (Å²) in [7, 11) is 0. The van der Waals surface area contributed by atoms with Crippen LogP contribution in [0.2, 0.25) is 0 Å². The van der Waals surface area contributed by atoms with Crippen molar-refractivity contribution in [2.45, 2.75) is 0 Å². The molecule has 16 heavy (non-hydrogen) atoms. The summed E-state index contributed by atoms with van der Waals surface area (Å²) < 4.78 is 11.3. The van der Waals surface area contributed by atoms with Gasteiger partial charge in [-0.15, -0.1) is 0 Å². The van der Waals surface area contributed by atoms with Crippen molar-refractivity contribution < 1.29 is 19.1 Å². The van der Waals surface area contributed by atoms with Gasteiger partial charge in [0, 0.05) is 9.64 Å². The van der Waals surface area contributed by atoms with Gasteiger partial charge >= 0.3 is 5.97 Å². The molecule has 5 heteroatoms. The highest BCUT2D eigenvalue weighted by Gasteiger charge is 2.10. The summed E-state index contributed by atoms with van der Waals surface area (Å²) in [4.78, 5) is 10.6. The molecule has 1 heterocycles. The first-order valence-electron chi connectivity index (χ1n) is 4.42. The largest absolute Gasteiger partial charge is 0.475 e. The van der Waals surface area contributed by atoms with E-state index < -0.39 is 5.97 Å². The first kappa shape index (κ1) is 11.0. The SMILES string of the molecule is O=C(O)c1ccc(Oc2cccc(I)c2)o1. The molecule has 1 aromatic heterocycles. The van der Waals surface area contributed by atoms with Gasteiger partial charge in [-0.2, -0.15) is 0 Å². The molecule has 82 valence electrons. The van der Waals surface area contributed by atoms with Crippen molar-refractivity contribution in [2.24, 2.45) is 0 Å². The van der Waals surface area contributed by atoms with Gasteiger partial charge < -0.3 is 14.3 Å². The third-order valence-electron chi connectivity index (χ3n) is 1.81. The standard InChI is InChI=1S/C11H7IO4/c12-7-2-1-3-8(6-7)15-10-5-4-9(16-10)11(13)14/h1-6H,(H,13,14). The number of ether oxygens (including phenoxy) is 1. The van der Waals surface area contributed by atoms with Crippen molar-refractivity contribution >= 4 is 28.6 Å². The van der Waals surface area contributed by atoms with Crippen molar-refractivity contribution in [3.05, 3.63) is 45.7 Å². The molecule has 0 saturated carbocycles. The first-order valence-corrected chi connectivity index (χ1v) is 5.49. The normalized spacial score (nSPS) is 10.1. The van der Waals surface area contributed by atoms with Crippen molar-refractivity contribution in [3.8, 4) is 11.7 Å². The molecule has 0 amide bonds. The summed E-state index contributed by atoms with van der Waals surface area (Å²) in [5, 5.41) is 8.66. The molecule has 4 nitrogen and oxygen atoms in total. The van der Waals surface area contributed by atoms with Crippen LogP contribution in [0.1, 0.15) is 10.6 Å². The van der Waals surface area contributed by atoms with Crippen LogP contribution in [0.25, 0.3) is 0 Å². The quantitative estimate of drug-likeness (QED) is 0.877. The lowest BCUT2D eigenvalue weighted by Gasteiger charge is -2.01. The van der Waals surface area contributed by atoms with E-state index in [0.717, 1.165) is 3.57 Å². The van der Waals surface area contributed by atoms with E-state index in [4.69, 9.17) is 14.3 Å². The molecular weight excluding hydrogens is 323 g/mol. The number of aromatic carboxylic acids is 1. The Labute approximate surface area is 105 Å². The van der Waals surface area contributed by atoms with Crippen LogP contribution in [0.3, 0.4) is 0 Å². The maximum absolute atomic E-state index is 10.6. The molecule has 0 aliphatic heterocycles. The van der Waals surface area contributed by atoms with Crippen molar-refractivity contribution in [2.75, 3.05) is 0 Å². The van der Waals surface area contributed by atoms with Crippen LogP contribution in [0.15, 0.2) is 40.8 Å². The minimum absolute atomic E-state index is 0.138. The zero-order valence-corrected chi connectivity index (χ0v) is 10.2. The first-order chi connectivity index (χ1) is 7.65. The van der Waals surface area contributed by atoms with Crippen LogP contribution in [-0.4, -0.2) is 11.1 Å². The van der Waals surface area contributed by atoms with Gasteiger partial charge in [0.05, 0.1) is 0 Å². The van der Waals surface area contributed by atoms with E-state index in [1.165, 1.54) is 12.1 Å². The number of rotatable bonds is 3. The summed E-state index contributed by atoms with van der Waals surface area (Å²) in [6.45, 7) is 0. The summed E-state index contributed by atoms with van der Waals surface area (Å²) >= 11 is 2.16. The van der Waals surface area contributed by atoms with Crippen molar-refractivity contribution in [1.82, 2.24) is 0 Å². The van der Waals surface area contributed by atoms with E-state index in [0.29, 0.717) is 5.75 Å². The predicted octanol–water partition coefficient (Wildman–Crippen LogP) is 3.37. The van der Waals surface area contributed by atoms with E-state index in [1.54, 1.807) is 6.07 Å². The zero-order valence-electron chi connectivity index (χ0n) is 8.01. The Hall–Kier alpha value is -1.50. The van der Waals surface area contributed by atoms with Crippen molar-refractivity contribution in [1.29, 1.82) is 0 Å². The Morgan fingerprint density at radius 3 is 2.75 bits per heavy atom. The smallest absolute Gasteiger partial charge is 0.371 e. The lowest BCUT2D eigenvalue weighted by Crippen LogP contribution is -1.91. The molecule has 0 aliphatic rings. The van der Waals surface area contributed by atoms with Crippen LogP contribution in [-0.2, 0) is 0 Å². The monoisotopic (exact) mass is 330 g/mol. The Balaban J connectivity index is 2.17. The van der Waals surface area contributed by atoms with E-state index in [-0.39, 0.29) is 11.7 Å². The summed E-state index contributed by atoms with van der Waals surface area (Å²) in [6, 6.07) is 10.2. The Kier molecular flexibility index (Phi) is 3.14. The van der Waals surface area contributed by atoms with Gasteiger partial charge in [-0.25, -0.2) is 4.79 Å². The van der Waals surface area contributed by atoms with Gasteiger partial charge in [0.2, 0.25) is 5.76 Å². The second kappa shape index (κ2) is 4.56. The lowest BCUT2D eigenvalue weighted by atomic mass is 10.3. The van der Waals surface area contributed by atoms with E-state index in [1.807, 2.05) is 18.2 Å². The average Bonchev–Trinajstić information content (AvgIpc) is 2.66. The zero-order chi connectivity index (χ0) is 11.5. The van der Waals surface area contributed by atoms with Crippen LogP contribution < -0.4 is 4.74 Å². The molecule has 1 N–H and O–H groups in total. The van der Waals surface area contributed by atoms with Crippen LogP contribution in [0.4, 0.5) is 0 Å². The fraction of sp³-hybridized carbons (Fsp3) is 0. The molecule has 0 spiro atoms. The average molecular weight is 330 g/mol. The number of carbonyl (C=O) groups is 1. The molecule has 0 saturated heterocycles. The molecular formula is C11H7IO4. The molecule has 0 radical (unpaired) electrons. The number of hydrogen-bond acceptors (Lipinski definition) is 3. The van der Waals surface area contributed by atoms with Crippen molar-refractivity contribution in [3.63, 3.8) is 0 Å². The fourth-order valence-corrected chi connectivity index (χ4v) is 1.65. The summed E-state index contributed by atoms with van der Waals surface area (Å²) in [6.07, 6.45) is 0. The van der Waals surface area contributed by atoms with Crippen LogP contribution in [0.5, 0.6) is 11.7 Å². The Morgan fingerprint density at radius 2 is 2.12 bits per heavy atom. The molecule has 2 rings (SSSR count). The fourth-order valence-electron chi connectivity index (χ4n) is 1.14. The lowest BCUT2D eigenvalue weighted by molar-refractivity contribution is 0.0657. The third kappa shape index (κ3) is 2.54. The molecule has 0 fully saturated rings. The van der Waals surface area contributed by atoms with E-state index in [2.05, 4.69) is 22.6 Å². The molecule has 0 bridgehead atoms. The van der Waals surface area contributed by atoms with E-state index in [9.17, 15) is 4.79 Å². The number of hydrogen-bond donors (Lipinski definition) is 1. The Morgan fingerprint density at radius 1 is 1.31 bits per heavy atom. The minimum Gasteiger partial charge on any atom is -0.475 e. The number of halogens is 1. The highest BCUT2D eigenvalue weighted by Crippen LogP contribution is 2.24. The summed E-state index contributed by atoms with van der Waals surface area (Å²) in [5.41, 5.74) is 0. The van der Waals surface area contributed by atoms with Gasteiger partial charge in [-0.05, 0) is 46.9 Å². The molecule has 1 aromatic carbocycles. The van der Waals surface area contributed by atoms with Gasteiger partial charge in [-0.3, -0.25) is 0 Å². The topological polar surface area (TPSA) is 59.7 Å². The maximum Gasteiger partial charge on any atom is 0.371 e. The second-order valence-electron chi connectivity index (χ2n) is 2.98. The minimum atomic E-state index is -1.11.